The van der Waals surface area contributed by atoms with Crippen LogP contribution in [0.2, 0.25) is 0 Å². The van der Waals surface area contributed by atoms with Crippen LogP contribution < -0.4 is 5.32 Å². The average Bonchev–Trinajstić information content (AvgIpc) is 2.97. The highest BCUT2D eigenvalue weighted by Gasteiger charge is 2.24. The maximum absolute atomic E-state index is 11.8. The topological polar surface area (TPSA) is 83.2 Å². The van der Waals surface area contributed by atoms with Gasteiger partial charge in [-0.05, 0) is 27.7 Å². The summed E-state index contributed by atoms with van der Waals surface area (Å²) in [5, 5.41) is 7.39. The number of aliphatic imine (C=N–C) groups is 1. The second-order valence-corrected chi connectivity index (χ2v) is 6.51. The molecular weight excluding hydrogens is 334 g/mol. The number of rotatable bonds is 5. The van der Waals surface area contributed by atoms with E-state index < -0.39 is 0 Å². The van der Waals surface area contributed by atoms with Crippen LogP contribution in [-0.4, -0.2) is 72.9 Å². The van der Waals surface area contributed by atoms with E-state index in [2.05, 4.69) is 29.2 Å². The number of carbonyl (C=O) groups excluding carboxylic acids is 1. The quantitative estimate of drug-likeness (QED) is 0.636. The lowest BCUT2D eigenvalue weighted by atomic mass is 10.00. The summed E-state index contributed by atoms with van der Waals surface area (Å²) in [6.45, 7) is 14.6. The number of guanidine groups is 1. The minimum Gasteiger partial charge on any atom is -0.450 e. The number of nitrogens with one attached hydrogen (secondary N) is 1. The largest absolute Gasteiger partial charge is 0.450 e. The van der Waals surface area contributed by atoms with Gasteiger partial charge in [-0.25, -0.2) is 4.79 Å². The van der Waals surface area contributed by atoms with Crippen molar-refractivity contribution in [1.82, 2.24) is 20.3 Å². The van der Waals surface area contributed by atoms with E-state index in [9.17, 15) is 4.79 Å². The van der Waals surface area contributed by atoms with Crippen molar-refractivity contribution >= 4 is 12.1 Å². The first-order valence-electron chi connectivity index (χ1n) is 9.35. The Morgan fingerprint density at radius 1 is 1.27 bits per heavy atom. The monoisotopic (exact) mass is 365 g/mol. The van der Waals surface area contributed by atoms with E-state index in [1.807, 2.05) is 20.8 Å². The van der Waals surface area contributed by atoms with Crippen LogP contribution in [0.5, 0.6) is 0 Å². The predicted octanol–water partition coefficient (Wildman–Crippen LogP) is 2.13. The Bertz CT molecular complexity index is 601. The highest BCUT2D eigenvalue weighted by Crippen LogP contribution is 2.23. The molecule has 26 heavy (non-hydrogen) atoms. The molecule has 146 valence electrons. The van der Waals surface area contributed by atoms with Gasteiger partial charge in [0.05, 0.1) is 12.3 Å². The molecule has 1 atom stereocenters. The summed E-state index contributed by atoms with van der Waals surface area (Å²) in [5.74, 6) is 1.98. The Kier molecular flexibility index (Phi) is 7.29. The van der Waals surface area contributed by atoms with Gasteiger partial charge < -0.3 is 24.4 Å². The second kappa shape index (κ2) is 9.45. The first-order chi connectivity index (χ1) is 12.5. The third-order valence-electron chi connectivity index (χ3n) is 4.54. The van der Waals surface area contributed by atoms with Crippen molar-refractivity contribution in [3.8, 4) is 0 Å². The van der Waals surface area contributed by atoms with Gasteiger partial charge in [-0.1, -0.05) is 12.1 Å². The van der Waals surface area contributed by atoms with E-state index in [0.29, 0.717) is 26.2 Å². The third kappa shape index (κ3) is 4.89. The number of aromatic nitrogens is 1. The lowest BCUT2D eigenvalue weighted by molar-refractivity contribution is 0.0914. The van der Waals surface area contributed by atoms with Gasteiger partial charge in [0.25, 0.3) is 0 Å². The molecular formula is C18H31N5O3. The number of hydrogen-bond donors (Lipinski definition) is 1. The fourth-order valence-corrected chi connectivity index (χ4v) is 3.25. The van der Waals surface area contributed by atoms with Crippen LogP contribution in [0, 0.1) is 13.8 Å². The SMILES string of the molecule is CCNC(=NCC(C)c1c(C)noc1C)N1CCN(C(=O)OCC)CC1. The van der Waals surface area contributed by atoms with Gasteiger partial charge in [-0.2, -0.15) is 0 Å². The zero-order valence-electron chi connectivity index (χ0n) is 16.5. The minimum atomic E-state index is -0.235. The number of piperazine rings is 1. The summed E-state index contributed by atoms with van der Waals surface area (Å²) in [6.07, 6.45) is -0.235. The summed E-state index contributed by atoms with van der Waals surface area (Å²) < 4.78 is 10.3. The van der Waals surface area contributed by atoms with Crippen molar-refractivity contribution in [3.05, 3.63) is 17.0 Å². The molecule has 0 saturated carbocycles. The van der Waals surface area contributed by atoms with Gasteiger partial charge in [0, 0.05) is 50.7 Å². The number of amides is 1. The number of carbonyl (C=O) groups is 1. The second-order valence-electron chi connectivity index (χ2n) is 6.51. The number of hydrogen-bond acceptors (Lipinski definition) is 5. The van der Waals surface area contributed by atoms with Gasteiger partial charge in [0.2, 0.25) is 0 Å². The van der Waals surface area contributed by atoms with Crippen molar-refractivity contribution in [2.24, 2.45) is 4.99 Å². The highest BCUT2D eigenvalue weighted by molar-refractivity contribution is 5.80. The van der Waals surface area contributed by atoms with Crippen LogP contribution >= 0.6 is 0 Å². The van der Waals surface area contributed by atoms with Crippen molar-refractivity contribution in [3.63, 3.8) is 0 Å². The van der Waals surface area contributed by atoms with Gasteiger partial charge in [0.15, 0.2) is 5.96 Å². The van der Waals surface area contributed by atoms with Crippen molar-refractivity contribution in [2.45, 2.75) is 40.5 Å². The maximum Gasteiger partial charge on any atom is 0.409 e. The zero-order chi connectivity index (χ0) is 19.1. The Morgan fingerprint density at radius 3 is 2.46 bits per heavy atom. The van der Waals surface area contributed by atoms with E-state index >= 15 is 0 Å². The fourth-order valence-electron chi connectivity index (χ4n) is 3.25. The molecule has 0 aliphatic carbocycles. The first-order valence-corrected chi connectivity index (χ1v) is 9.35. The summed E-state index contributed by atoms with van der Waals surface area (Å²) in [4.78, 5) is 20.6. The third-order valence-corrected chi connectivity index (χ3v) is 4.54. The van der Waals surface area contributed by atoms with E-state index in [4.69, 9.17) is 14.3 Å². The highest BCUT2D eigenvalue weighted by atomic mass is 16.6. The van der Waals surface area contributed by atoms with E-state index in [1.54, 1.807) is 4.90 Å². The molecule has 1 aromatic heterocycles. The molecule has 1 unspecified atom stereocenters. The van der Waals surface area contributed by atoms with Gasteiger partial charge in [-0.3, -0.25) is 4.99 Å². The molecule has 1 fully saturated rings. The molecule has 8 nitrogen and oxygen atoms in total. The summed E-state index contributed by atoms with van der Waals surface area (Å²) >= 11 is 0. The van der Waals surface area contributed by atoms with Gasteiger partial charge in [0.1, 0.15) is 5.76 Å². The van der Waals surface area contributed by atoms with E-state index in [0.717, 1.165) is 42.6 Å². The predicted molar refractivity (Wildman–Crippen MR) is 101 cm³/mol. The molecule has 0 bridgehead atoms. The summed E-state index contributed by atoms with van der Waals surface area (Å²) in [7, 11) is 0. The van der Waals surface area contributed by atoms with Crippen LogP contribution in [0.15, 0.2) is 9.52 Å². The Hall–Kier alpha value is -2.25. The zero-order valence-corrected chi connectivity index (χ0v) is 16.5. The first kappa shape index (κ1) is 20.1. The van der Waals surface area contributed by atoms with Crippen LogP contribution in [0.1, 0.15) is 43.7 Å². The summed E-state index contributed by atoms with van der Waals surface area (Å²) in [6, 6.07) is 0. The number of aryl methyl sites for hydroxylation is 2. The van der Waals surface area contributed by atoms with Crippen LogP contribution in [-0.2, 0) is 4.74 Å². The lowest BCUT2D eigenvalue weighted by Crippen LogP contribution is -2.54. The van der Waals surface area contributed by atoms with E-state index in [1.165, 1.54) is 0 Å². The Morgan fingerprint density at radius 2 is 1.92 bits per heavy atom. The van der Waals surface area contributed by atoms with Gasteiger partial charge >= 0.3 is 6.09 Å². The molecule has 2 rings (SSSR count). The van der Waals surface area contributed by atoms with Crippen molar-refractivity contribution in [2.75, 3.05) is 45.9 Å². The molecule has 1 amide bonds. The van der Waals surface area contributed by atoms with E-state index in [-0.39, 0.29) is 12.0 Å². The molecule has 0 aromatic carbocycles. The smallest absolute Gasteiger partial charge is 0.409 e. The molecule has 1 saturated heterocycles. The van der Waals surface area contributed by atoms with Crippen molar-refractivity contribution < 1.29 is 14.1 Å². The molecule has 0 radical (unpaired) electrons. The molecule has 1 aliphatic heterocycles. The Labute approximate surface area is 155 Å². The fraction of sp³-hybridized carbons (Fsp3) is 0.722. The van der Waals surface area contributed by atoms with Crippen LogP contribution in [0.4, 0.5) is 4.79 Å². The van der Waals surface area contributed by atoms with Gasteiger partial charge in [-0.15, -0.1) is 0 Å². The molecule has 1 N–H and O–H groups in total. The van der Waals surface area contributed by atoms with Crippen LogP contribution in [0.25, 0.3) is 0 Å². The number of ether oxygens (including phenoxy) is 1. The molecule has 2 heterocycles. The molecule has 1 aliphatic rings. The van der Waals surface area contributed by atoms with Crippen LogP contribution in [0.3, 0.4) is 0 Å². The minimum absolute atomic E-state index is 0.232. The van der Waals surface area contributed by atoms with Crippen molar-refractivity contribution in [1.29, 1.82) is 0 Å². The average molecular weight is 365 g/mol. The number of nitrogens with zero attached hydrogens (tertiary/aromatic N) is 4. The molecule has 1 aromatic rings. The Balaban J connectivity index is 1.98. The molecule has 0 spiro atoms. The molecule has 8 heteroatoms. The normalized spacial score (nSPS) is 16.6. The lowest BCUT2D eigenvalue weighted by Gasteiger charge is -2.36. The summed E-state index contributed by atoms with van der Waals surface area (Å²) in [5.41, 5.74) is 2.06. The standard InChI is InChI=1S/C18H31N5O3/c1-6-19-17(20-12-13(3)16-14(4)21-26-15(16)5)22-8-10-23(11-9-22)18(24)25-7-2/h13H,6-12H2,1-5H3,(H,19,20). The maximum atomic E-state index is 11.8.